The number of thiocarbonyl (C=S) groups is 1. The fourth-order valence-electron chi connectivity index (χ4n) is 7.02. The van der Waals surface area contributed by atoms with Crippen LogP contribution in [-0.4, -0.2) is 46.4 Å². The average molecular weight is 513 g/mol. The van der Waals surface area contributed by atoms with E-state index in [1.165, 1.54) is 19.3 Å². The SMILES string of the molecule is CN1C(=O)C(NC(=S)N2C3CC4CCC3(C)C42C)N=C(c2ccccc2Cl)c2cc(Cl)ccc21. The number of benzene rings is 2. The number of hydrogen-bond acceptors (Lipinski definition) is 3. The highest BCUT2D eigenvalue weighted by atomic mass is 35.5. The van der Waals surface area contributed by atoms with Gasteiger partial charge >= 0.3 is 0 Å². The standard InChI is InChI=1S/C26H26Cl2N4OS/c1-25-11-10-14-12-20(25)32(26(14,25)2)24(34)30-22-23(33)31(3)19-9-8-15(27)13-17(19)21(29-22)16-6-4-5-7-18(16)28/h4-9,13-14,20,22H,10-12H2,1-3H3,(H,30,34). The summed E-state index contributed by atoms with van der Waals surface area (Å²) >= 11 is 18.8. The van der Waals surface area contributed by atoms with Gasteiger partial charge in [-0.2, -0.15) is 0 Å². The Morgan fingerprint density at radius 1 is 1.18 bits per heavy atom. The minimum Gasteiger partial charge on any atom is -0.339 e. The summed E-state index contributed by atoms with van der Waals surface area (Å²) in [5.41, 5.74) is 3.19. The van der Waals surface area contributed by atoms with Crippen LogP contribution >= 0.6 is 35.4 Å². The number of carbonyl (C=O) groups is 1. The maximum absolute atomic E-state index is 13.6. The van der Waals surface area contributed by atoms with Crippen molar-refractivity contribution in [2.75, 3.05) is 11.9 Å². The lowest BCUT2D eigenvalue weighted by atomic mass is 9.64. The summed E-state index contributed by atoms with van der Waals surface area (Å²) in [6.07, 6.45) is 2.79. The molecule has 2 aliphatic carbocycles. The van der Waals surface area contributed by atoms with Crippen molar-refractivity contribution >= 4 is 57.8 Å². The Hall–Kier alpha value is -2.15. The van der Waals surface area contributed by atoms with Crippen LogP contribution in [0.1, 0.15) is 44.2 Å². The highest BCUT2D eigenvalue weighted by Gasteiger charge is 2.77. The molecule has 2 saturated carbocycles. The molecule has 2 aromatic carbocycles. The van der Waals surface area contributed by atoms with Gasteiger partial charge in [-0.25, -0.2) is 4.99 Å². The molecule has 34 heavy (non-hydrogen) atoms. The molecule has 1 N–H and O–H groups in total. The van der Waals surface area contributed by atoms with Gasteiger partial charge in [0.05, 0.1) is 16.9 Å². The fourth-order valence-corrected chi connectivity index (χ4v) is 7.85. The molecule has 5 unspecified atom stereocenters. The van der Waals surface area contributed by atoms with Gasteiger partial charge in [-0.05, 0) is 68.6 Å². The second kappa shape index (κ2) is 7.42. The molecule has 8 heteroatoms. The predicted octanol–water partition coefficient (Wildman–Crippen LogP) is 5.27. The minimum absolute atomic E-state index is 0.0488. The third-order valence-electron chi connectivity index (χ3n) is 9.02. The van der Waals surface area contributed by atoms with E-state index >= 15 is 0 Å². The van der Waals surface area contributed by atoms with Crippen LogP contribution in [-0.2, 0) is 4.79 Å². The van der Waals surface area contributed by atoms with Crippen molar-refractivity contribution < 1.29 is 4.79 Å². The number of aliphatic imine (C=N–C) groups is 1. The van der Waals surface area contributed by atoms with Crippen LogP contribution in [0.25, 0.3) is 0 Å². The first-order chi connectivity index (χ1) is 16.2. The number of benzodiazepines with no additional fused rings is 1. The smallest absolute Gasteiger partial charge is 0.272 e. The Kier molecular flexibility index (Phi) is 4.87. The van der Waals surface area contributed by atoms with Gasteiger partial charge in [0.15, 0.2) is 5.11 Å². The number of fused-ring (bicyclic) bond motifs is 1. The van der Waals surface area contributed by atoms with Gasteiger partial charge in [0.2, 0.25) is 6.17 Å². The third kappa shape index (κ3) is 2.76. The molecular formula is C26H26Cl2N4OS. The van der Waals surface area contributed by atoms with Crippen molar-refractivity contribution in [2.45, 2.75) is 50.9 Å². The second-order valence-corrected chi connectivity index (χ2v) is 11.5. The van der Waals surface area contributed by atoms with E-state index in [0.29, 0.717) is 38.2 Å². The van der Waals surface area contributed by atoms with Crippen LogP contribution in [0, 0.1) is 11.3 Å². The Morgan fingerprint density at radius 3 is 2.62 bits per heavy atom. The maximum atomic E-state index is 13.6. The van der Waals surface area contributed by atoms with Gasteiger partial charge in [-0.1, -0.05) is 48.3 Å². The maximum Gasteiger partial charge on any atom is 0.272 e. The molecule has 4 fully saturated rings. The quantitative estimate of drug-likeness (QED) is 0.556. The minimum atomic E-state index is -0.871. The summed E-state index contributed by atoms with van der Waals surface area (Å²) < 4.78 is 0. The van der Waals surface area contributed by atoms with Crippen molar-refractivity contribution in [3.8, 4) is 0 Å². The number of likely N-dealkylation sites (N-methyl/N-ethyl adjacent to an activating group) is 1. The van der Waals surface area contributed by atoms with Gasteiger partial charge in [0.1, 0.15) is 0 Å². The van der Waals surface area contributed by atoms with Crippen LogP contribution in [0.2, 0.25) is 10.0 Å². The lowest BCUT2D eigenvalue weighted by Gasteiger charge is -2.63. The molecule has 7 rings (SSSR count). The van der Waals surface area contributed by atoms with Gasteiger partial charge in [-0.15, -0.1) is 0 Å². The molecule has 0 spiro atoms. The van der Waals surface area contributed by atoms with E-state index in [0.717, 1.165) is 16.8 Å². The van der Waals surface area contributed by atoms with Crippen LogP contribution in [0.3, 0.4) is 0 Å². The molecule has 2 saturated heterocycles. The Labute approximate surface area is 215 Å². The number of hydrogen-bond donors (Lipinski definition) is 1. The third-order valence-corrected chi connectivity index (χ3v) is 9.90. The van der Waals surface area contributed by atoms with Crippen molar-refractivity contribution in [1.29, 1.82) is 0 Å². The first-order valence-electron chi connectivity index (χ1n) is 11.7. The molecule has 0 aromatic heterocycles. The zero-order chi connectivity index (χ0) is 24.0. The number of anilines is 1. The van der Waals surface area contributed by atoms with Crippen LogP contribution < -0.4 is 10.2 Å². The molecule has 5 nitrogen and oxygen atoms in total. The summed E-state index contributed by atoms with van der Waals surface area (Å²) in [7, 11) is 1.76. The van der Waals surface area contributed by atoms with Crippen LogP contribution in [0.4, 0.5) is 5.69 Å². The van der Waals surface area contributed by atoms with E-state index in [1.54, 1.807) is 18.0 Å². The van der Waals surface area contributed by atoms with Gasteiger partial charge in [-0.3, -0.25) is 4.79 Å². The first kappa shape index (κ1) is 22.3. The zero-order valence-corrected chi connectivity index (χ0v) is 21.6. The number of nitrogens with zero attached hydrogens (tertiary/aromatic N) is 3. The highest BCUT2D eigenvalue weighted by Crippen LogP contribution is 2.72. The van der Waals surface area contributed by atoms with Crippen molar-refractivity contribution in [3.05, 3.63) is 63.6 Å². The van der Waals surface area contributed by atoms with Crippen molar-refractivity contribution in [3.63, 3.8) is 0 Å². The van der Waals surface area contributed by atoms with Gasteiger partial charge in [0.25, 0.3) is 5.91 Å². The van der Waals surface area contributed by atoms with Crippen LogP contribution in [0.5, 0.6) is 0 Å². The number of amides is 1. The molecule has 1 amide bonds. The number of halogens is 2. The summed E-state index contributed by atoms with van der Waals surface area (Å²) in [5, 5.41) is 5.05. The van der Waals surface area contributed by atoms with E-state index < -0.39 is 6.17 Å². The van der Waals surface area contributed by atoms with Crippen molar-refractivity contribution in [2.24, 2.45) is 16.3 Å². The largest absolute Gasteiger partial charge is 0.339 e. The Bertz CT molecular complexity index is 1280. The fraction of sp³-hybridized carbons (Fsp3) is 0.423. The van der Waals surface area contributed by atoms with E-state index in [2.05, 4.69) is 24.1 Å². The van der Waals surface area contributed by atoms with E-state index in [4.69, 9.17) is 40.4 Å². The summed E-state index contributed by atoms with van der Waals surface area (Å²) in [6.45, 7) is 4.72. The highest BCUT2D eigenvalue weighted by molar-refractivity contribution is 7.80. The lowest BCUT2D eigenvalue weighted by Crippen LogP contribution is -2.74. The number of carbonyl (C=O) groups excluding carboxylic acids is 1. The van der Waals surface area contributed by atoms with Crippen molar-refractivity contribution in [1.82, 2.24) is 10.2 Å². The van der Waals surface area contributed by atoms with Gasteiger partial charge in [0, 0.05) is 39.7 Å². The lowest BCUT2D eigenvalue weighted by molar-refractivity contribution is -0.120. The molecule has 3 aliphatic heterocycles. The molecule has 3 heterocycles. The molecule has 5 aliphatic rings. The topological polar surface area (TPSA) is 47.9 Å². The average Bonchev–Trinajstić information content (AvgIpc) is 3.29. The normalized spacial score (nSPS) is 33.3. The summed E-state index contributed by atoms with van der Waals surface area (Å²) in [5.74, 6) is 0.475. The molecule has 176 valence electrons. The van der Waals surface area contributed by atoms with Gasteiger partial charge < -0.3 is 15.1 Å². The number of nitrogens with one attached hydrogen (secondary N) is 1. The summed E-state index contributed by atoms with van der Waals surface area (Å²) in [6, 6.07) is 13.4. The molecule has 5 atom stereocenters. The first-order valence-corrected chi connectivity index (χ1v) is 12.8. The van der Waals surface area contributed by atoms with Crippen LogP contribution in [0.15, 0.2) is 47.5 Å². The predicted molar refractivity (Wildman–Crippen MR) is 141 cm³/mol. The summed E-state index contributed by atoms with van der Waals surface area (Å²) in [4.78, 5) is 22.5. The Morgan fingerprint density at radius 2 is 1.94 bits per heavy atom. The zero-order valence-electron chi connectivity index (χ0n) is 19.3. The van der Waals surface area contributed by atoms with E-state index in [9.17, 15) is 4.79 Å². The number of rotatable bonds is 2. The Balaban J connectivity index is 1.40. The second-order valence-electron chi connectivity index (χ2n) is 10.3. The molecule has 0 radical (unpaired) electrons. The molecule has 4 bridgehead atoms. The molecular weight excluding hydrogens is 487 g/mol. The monoisotopic (exact) mass is 512 g/mol. The van der Waals surface area contributed by atoms with E-state index in [-0.39, 0.29) is 11.4 Å². The van der Waals surface area contributed by atoms with E-state index in [1.807, 2.05) is 36.4 Å². The molecule has 2 aromatic rings.